The third-order valence-corrected chi connectivity index (χ3v) is 7.36. The number of aromatic nitrogens is 2. The van der Waals surface area contributed by atoms with E-state index in [0.29, 0.717) is 12.0 Å². The van der Waals surface area contributed by atoms with E-state index in [-0.39, 0.29) is 6.10 Å². The normalized spacial score (nSPS) is 24.7. The third kappa shape index (κ3) is 3.59. The van der Waals surface area contributed by atoms with E-state index >= 15 is 0 Å². The summed E-state index contributed by atoms with van der Waals surface area (Å²) in [5, 5.41) is 1.24. The summed E-state index contributed by atoms with van der Waals surface area (Å²) in [4.78, 5) is 7.30. The third-order valence-electron chi connectivity index (χ3n) is 7.36. The SMILES string of the molecule is C[C@H]1[C@H](Oc2ccc(-c3ccc4c(ccn4Cc4ccccc4)c3)nc2)C2CCN1CC2. The van der Waals surface area contributed by atoms with Crippen molar-refractivity contribution in [2.75, 3.05) is 13.1 Å². The van der Waals surface area contributed by atoms with Crippen molar-refractivity contribution < 1.29 is 4.74 Å². The molecule has 0 N–H and O–H groups in total. The largest absolute Gasteiger partial charge is 0.487 e. The highest BCUT2D eigenvalue weighted by Crippen LogP contribution is 2.35. The molecule has 4 aromatic rings. The quantitative estimate of drug-likeness (QED) is 0.418. The zero-order valence-electron chi connectivity index (χ0n) is 18.5. The van der Waals surface area contributed by atoms with Crippen LogP contribution < -0.4 is 4.74 Å². The lowest BCUT2D eigenvalue weighted by atomic mass is 9.81. The summed E-state index contributed by atoms with van der Waals surface area (Å²) in [5.74, 6) is 1.56. The molecular formula is C28H29N3O. The molecule has 4 nitrogen and oxygen atoms in total. The van der Waals surface area contributed by atoms with E-state index in [1.807, 2.05) is 6.20 Å². The first kappa shape index (κ1) is 19.6. The monoisotopic (exact) mass is 423 g/mol. The summed E-state index contributed by atoms with van der Waals surface area (Å²) >= 11 is 0. The Kier molecular flexibility index (Phi) is 4.95. The maximum absolute atomic E-state index is 6.42. The Morgan fingerprint density at radius 1 is 0.969 bits per heavy atom. The van der Waals surface area contributed by atoms with Gasteiger partial charge in [-0.05, 0) is 74.7 Å². The molecule has 3 fully saturated rings. The molecule has 7 rings (SSSR count). The molecule has 2 aromatic heterocycles. The number of nitrogens with zero attached hydrogens (tertiary/aromatic N) is 3. The van der Waals surface area contributed by atoms with Crippen LogP contribution in [0.5, 0.6) is 5.75 Å². The molecule has 3 aliphatic heterocycles. The van der Waals surface area contributed by atoms with Crippen LogP contribution >= 0.6 is 0 Å². The molecule has 162 valence electrons. The fourth-order valence-electron chi connectivity index (χ4n) is 5.51. The molecule has 0 saturated carbocycles. The summed E-state index contributed by atoms with van der Waals surface area (Å²) in [6.45, 7) is 5.62. The van der Waals surface area contributed by atoms with Gasteiger partial charge in [-0.15, -0.1) is 0 Å². The van der Waals surface area contributed by atoms with Gasteiger partial charge < -0.3 is 9.30 Å². The predicted molar refractivity (Wildman–Crippen MR) is 129 cm³/mol. The molecule has 0 aliphatic carbocycles. The highest BCUT2D eigenvalue weighted by atomic mass is 16.5. The minimum atomic E-state index is 0.283. The van der Waals surface area contributed by atoms with Crippen LogP contribution in [0.3, 0.4) is 0 Å². The van der Waals surface area contributed by atoms with Gasteiger partial charge in [-0.2, -0.15) is 0 Å². The van der Waals surface area contributed by atoms with Crippen LogP contribution in [0.4, 0.5) is 0 Å². The van der Waals surface area contributed by atoms with Crippen molar-refractivity contribution in [3.63, 3.8) is 0 Å². The maximum Gasteiger partial charge on any atom is 0.138 e. The fraction of sp³-hybridized carbons (Fsp3) is 0.321. The average Bonchev–Trinajstić information content (AvgIpc) is 3.24. The number of pyridine rings is 1. The van der Waals surface area contributed by atoms with Crippen LogP contribution in [0, 0.1) is 5.92 Å². The first-order valence-electron chi connectivity index (χ1n) is 11.7. The molecule has 4 heteroatoms. The van der Waals surface area contributed by atoms with Gasteiger partial charge in [0.25, 0.3) is 0 Å². The van der Waals surface area contributed by atoms with Gasteiger partial charge in [-0.3, -0.25) is 9.88 Å². The number of ether oxygens (including phenoxy) is 1. The second-order valence-corrected chi connectivity index (χ2v) is 9.28. The molecule has 2 atom stereocenters. The van der Waals surface area contributed by atoms with Crippen LogP contribution in [-0.2, 0) is 6.54 Å². The van der Waals surface area contributed by atoms with Crippen molar-refractivity contribution in [1.82, 2.24) is 14.5 Å². The van der Waals surface area contributed by atoms with Crippen molar-refractivity contribution in [3.05, 3.63) is 84.7 Å². The van der Waals surface area contributed by atoms with E-state index in [1.54, 1.807) is 0 Å². The summed E-state index contributed by atoms with van der Waals surface area (Å²) in [5.41, 5.74) is 4.67. The Morgan fingerprint density at radius 2 is 1.81 bits per heavy atom. The van der Waals surface area contributed by atoms with E-state index in [0.717, 1.165) is 23.6 Å². The van der Waals surface area contributed by atoms with Crippen LogP contribution in [0.15, 0.2) is 79.1 Å². The molecule has 3 aliphatic rings. The smallest absolute Gasteiger partial charge is 0.138 e. The molecule has 0 unspecified atom stereocenters. The molecule has 2 aromatic carbocycles. The highest BCUT2D eigenvalue weighted by molar-refractivity contribution is 5.85. The Labute approximate surface area is 189 Å². The van der Waals surface area contributed by atoms with Gasteiger partial charge in [0, 0.05) is 35.2 Å². The van der Waals surface area contributed by atoms with Gasteiger partial charge in [0.05, 0.1) is 11.9 Å². The van der Waals surface area contributed by atoms with E-state index in [4.69, 9.17) is 9.72 Å². The Hall–Kier alpha value is -3.11. The van der Waals surface area contributed by atoms with Crippen LogP contribution in [-0.4, -0.2) is 39.7 Å². The molecule has 0 spiro atoms. The summed E-state index contributed by atoms with van der Waals surface area (Å²) in [7, 11) is 0. The lowest BCUT2D eigenvalue weighted by Gasteiger charge is -2.49. The van der Waals surface area contributed by atoms with Crippen LogP contribution in [0.2, 0.25) is 0 Å². The highest BCUT2D eigenvalue weighted by Gasteiger charge is 2.41. The van der Waals surface area contributed by atoms with Crippen molar-refractivity contribution in [2.24, 2.45) is 5.92 Å². The van der Waals surface area contributed by atoms with E-state index in [9.17, 15) is 0 Å². The first-order valence-corrected chi connectivity index (χ1v) is 11.7. The minimum Gasteiger partial charge on any atom is -0.487 e. The summed E-state index contributed by atoms with van der Waals surface area (Å²) < 4.78 is 8.71. The molecule has 0 radical (unpaired) electrons. The Balaban J connectivity index is 1.20. The lowest BCUT2D eigenvalue weighted by molar-refractivity contribution is -0.0508. The minimum absolute atomic E-state index is 0.283. The number of benzene rings is 2. The number of hydrogen-bond acceptors (Lipinski definition) is 3. The van der Waals surface area contributed by atoms with Gasteiger partial charge in [0.15, 0.2) is 0 Å². The van der Waals surface area contributed by atoms with Crippen molar-refractivity contribution in [1.29, 1.82) is 0 Å². The average molecular weight is 424 g/mol. The first-order chi connectivity index (χ1) is 15.7. The van der Waals surface area contributed by atoms with Crippen molar-refractivity contribution in [3.8, 4) is 17.0 Å². The van der Waals surface area contributed by atoms with Gasteiger partial charge >= 0.3 is 0 Å². The number of fused-ring (bicyclic) bond motifs is 4. The lowest BCUT2D eigenvalue weighted by Crippen LogP contribution is -2.58. The fourth-order valence-corrected chi connectivity index (χ4v) is 5.51. The van der Waals surface area contributed by atoms with Gasteiger partial charge in [-0.1, -0.05) is 36.4 Å². The Morgan fingerprint density at radius 3 is 2.56 bits per heavy atom. The zero-order chi connectivity index (χ0) is 21.5. The summed E-state index contributed by atoms with van der Waals surface area (Å²) in [6.07, 6.45) is 6.85. The van der Waals surface area contributed by atoms with Crippen LogP contribution in [0.25, 0.3) is 22.2 Å². The van der Waals surface area contributed by atoms with Gasteiger partial charge in [0.1, 0.15) is 11.9 Å². The van der Waals surface area contributed by atoms with Gasteiger partial charge in [0.2, 0.25) is 0 Å². The summed E-state index contributed by atoms with van der Waals surface area (Å²) in [6, 6.07) is 24.0. The molecule has 3 saturated heterocycles. The standard InChI is InChI=1S/C28H29N3O/c1-20-28(22-11-14-30(20)15-12-22)32-25-8-9-26(29-18-25)23-7-10-27-24(17-23)13-16-31(27)19-21-5-3-2-4-6-21/h2-10,13,16-18,20,22,28H,11-12,14-15,19H2,1H3/t20-,28-/m0/s1. The maximum atomic E-state index is 6.42. The topological polar surface area (TPSA) is 30.3 Å². The molecule has 0 amide bonds. The molecule has 32 heavy (non-hydrogen) atoms. The van der Waals surface area contributed by atoms with E-state index in [2.05, 4.69) is 89.3 Å². The van der Waals surface area contributed by atoms with Crippen molar-refractivity contribution >= 4 is 10.9 Å². The number of rotatable bonds is 5. The molecule has 2 bridgehead atoms. The number of piperidine rings is 3. The Bertz CT molecular complexity index is 1200. The van der Waals surface area contributed by atoms with Gasteiger partial charge in [-0.25, -0.2) is 0 Å². The second-order valence-electron chi connectivity index (χ2n) is 9.28. The molecular weight excluding hydrogens is 394 g/mol. The number of hydrogen-bond donors (Lipinski definition) is 0. The molecule has 5 heterocycles. The predicted octanol–water partition coefficient (Wildman–Crippen LogP) is 5.61. The van der Waals surface area contributed by atoms with E-state index < -0.39 is 0 Å². The van der Waals surface area contributed by atoms with Crippen LogP contribution in [0.1, 0.15) is 25.3 Å². The second kappa shape index (κ2) is 8.10. The van der Waals surface area contributed by atoms with Crippen molar-refractivity contribution in [2.45, 2.75) is 38.5 Å². The zero-order valence-corrected chi connectivity index (χ0v) is 18.5. The van der Waals surface area contributed by atoms with E-state index in [1.165, 1.54) is 42.4 Å².